The van der Waals surface area contributed by atoms with E-state index >= 15 is 0 Å². The predicted molar refractivity (Wildman–Crippen MR) is 74.9 cm³/mol. The Morgan fingerprint density at radius 2 is 2.35 bits per heavy atom. The fourth-order valence-corrected chi connectivity index (χ4v) is 2.38. The first-order chi connectivity index (χ1) is 9.70. The van der Waals surface area contributed by atoms with Crippen molar-refractivity contribution in [3.8, 4) is 5.75 Å². The summed E-state index contributed by atoms with van der Waals surface area (Å²) in [7, 11) is 1.55. The summed E-state index contributed by atoms with van der Waals surface area (Å²) in [5.41, 5.74) is 0.774. The number of rotatable bonds is 7. The number of methoxy groups -OCH3 is 1. The van der Waals surface area contributed by atoms with E-state index in [1.807, 2.05) is 0 Å². The summed E-state index contributed by atoms with van der Waals surface area (Å²) < 4.78 is 10.8. The van der Waals surface area contributed by atoms with Crippen LogP contribution in [0.5, 0.6) is 5.75 Å². The van der Waals surface area contributed by atoms with Crippen molar-refractivity contribution in [3.05, 3.63) is 33.9 Å². The van der Waals surface area contributed by atoms with Gasteiger partial charge in [0.15, 0.2) is 0 Å². The number of nitrogens with one attached hydrogen (secondary N) is 1. The third kappa shape index (κ3) is 3.91. The second-order valence-corrected chi connectivity index (χ2v) is 4.95. The van der Waals surface area contributed by atoms with E-state index in [9.17, 15) is 10.1 Å². The molecule has 0 bridgehead atoms. The van der Waals surface area contributed by atoms with Gasteiger partial charge < -0.3 is 14.8 Å². The predicted octanol–water partition coefficient (Wildman–Crippen LogP) is 2.12. The maximum atomic E-state index is 10.8. The number of nitro benzene ring substituents is 1. The van der Waals surface area contributed by atoms with Gasteiger partial charge in [0.25, 0.3) is 5.69 Å². The normalized spacial score (nSPS) is 18.1. The first kappa shape index (κ1) is 14.7. The molecule has 1 unspecified atom stereocenters. The van der Waals surface area contributed by atoms with Crippen LogP contribution in [0.25, 0.3) is 0 Å². The van der Waals surface area contributed by atoms with Gasteiger partial charge in [0, 0.05) is 24.3 Å². The Bertz CT molecular complexity index is 458. The summed E-state index contributed by atoms with van der Waals surface area (Å²) in [4.78, 5) is 10.4. The largest absolute Gasteiger partial charge is 0.496 e. The van der Waals surface area contributed by atoms with E-state index in [0.29, 0.717) is 30.4 Å². The molecule has 6 heteroatoms. The summed E-state index contributed by atoms with van der Waals surface area (Å²) in [6.45, 7) is 3.15. The molecule has 0 radical (unpaired) electrons. The summed E-state index contributed by atoms with van der Waals surface area (Å²) in [5, 5.41) is 14.1. The molecule has 1 atom stereocenters. The fourth-order valence-electron chi connectivity index (χ4n) is 2.38. The molecule has 0 aromatic heterocycles. The van der Waals surface area contributed by atoms with Crippen LogP contribution in [0.4, 0.5) is 5.69 Å². The van der Waals surface area contributed by atoms with Crippen LogP contribution in [0.1, 0.15) is 18.4 Å². The lowest BCUT2D eigenvalue weighted by Gasteiger charge is -2.11. The number of non-ortho nitro benzene ring substituents is 1. The van der Waals surface area contributed by atoms with Crippen LogP contribution >= 0.6 is 0 Å². The second kappa shape index (κ2) is 7.21. The van der Waals surface area contributed by atoms with Gasteiger partial charge in [-0.1, -0.05) is 0 Å². The van der Waals surface area contributed by atoms with Crippen molar-refractivity contribution in [2.75, 3.05) is 26.8 Å². The lowest BCUT2D eigenvalue weighted by molar-refractivity contribution is -0.385. The molecule has 0 amide bonds. The van der Waals surface area contributed by atoms with Gasteiger partial charge in [-0.25, -0.2) is 0 Å². The Kier molecular flexibility index (Phi) is 5.31. The van der Waals surface area contributed by atoms with Crippen LogP contribution in [0, 0.1) is 16.0 Å². The molecule has 1 fully saturated rings. The molecule has 20 heavy (non-hydrogen) atoms. The molecule has 2 rings (SSSR count). The van der Waals surface area contributed by atoms with E-state index < -0.39 is 4.92 Å². The molecule has 0 spiro atoms. The van der Waals surface area contributed by atoms with Gasteiger partial charge >= 0.3 is 0 Å². The van der Waals surface area contributed by atoms with Gasteiger partial charge in [0.2, 0.25) is 0 Å². The Hall–Kier alpha value is -1.66. The minimum absolute atomic E-state index is 0.0596. The third-order valence-electron chi connectivity index (χ3n) is 3.57. The van der Waals surface area contributed by atoms with E-state index in [0.717, 1.165) is 19.5 Å². The minimum atomic E-state index is -0.410. The first-order valence-corrected chi connectivity index (χ1v) is 6.80. The molecule has 1 aromatic rings. The molecule has 1 N–H and O–H groups in total. The van der Waals surface area contributed by atoms with Gasteiger partial charge in [-0.3, -0.25) is 10.1 Å². The molecular formula is C14H20N2O4. The zero-order valence-electron chi connectivity index (χ0n) is 11.6. The minimum Gasteiger partial charge on any atom is -0.496 e. The average Bonchev–Trinajstić information content (AvgIpc) is 2.96. The first-order valence-electron chi connectivity index (χ1n) is 6.80. The van der Waals surface area contributed by atoms with Crippen LogP contribution in [0.3, 0.4) is 0 Å². The lowest BCUT2D eigenvalue weighted by atomic mass is 10.1. The van der Waals surface area contributed by atoms with Crippen molar-refractivity contribution < 1.29 is 14.4 Å². The number of hydrogen-bond donors (Lipinski definition) is 1. The number of ether oxygens (including phenoxy) is 2. The maximum Gasteiger partial charge on any atom is 0.270 e. The van der Waals surface area contributed by atoms with Gasteiger partial charge in [-0.05, 0) is 37.9 Å². The number of nitrogens with zero attached hydrogens (tertiary/aromatic N) is 1. The summed E-state index contributed by atoms with van der Waals surface area (Å²) >= 11 is 0. The van der Waals surface area contributed by atoms with Crippen LogP contribution < -0.4 is 10.1 Å². The van der Waals surface area contributed by atoms with Gasteiger partial charge in [0.05, 0.1) is 18.6 Å². The smallest absolute Gasteiger partial charge is 0.270 e. The molecule has 110 valence electrons. The van der Waals surface area contributed by atoms with Crippen molar-refractivity contribution in [3.63, 3.8) is 0 Å². The zero-order valence-corrected chi connectivity index (χ0v) is 11.6. The van der Waals surface area contributed by atoms with E-state index in [-0.39, 0.29) is 5.69 Å². The summed E-state index contributed by atoms with van der Waals surface area (Å²) in [5.74, 6) is 1.31. The van der Waals surface area contributed by atoms with Crippen molar-refractivity contribution in [1.82, 2.24) is 5.32 Å². The second-order valence-electron chi connectivity index (χ2n) is 4.95. The highest BCUT2D eigenvalue weighted by Crippen LogP contribution is 2.24. The van der Waals surface area contributed by atoms with Crippen LogP contribution in [-0.4, -0.2) is 31.7 Å². The van der Waals surface area contributed by atoms with Crippen LogP contribution in [0.2, 0.25) is 0 Å². The zero-order chi connectivity index (χ0) is 14.4. The van der Waals surface area contributed by atoms with E-state index in [1.54, 1.807) is 13.2 Å². The topological polar surface area (TPSA) is 73.6 Å². The summed E-state index contributed by atoms with van der Waals surface area (Å²) in [6, 6.07) is 4.56. The molecule has 1 aliphatic heterocycles. The van der Waals surface area contributed by atoms with E-state index in [1.165, 1.54) is 18.6 Å². The van der Waals surface area contributed by atoms with E-state index in [4.69, 9.17) is 9.47 Å². The SMILES string of the molecule is COc1ccc([N+](=O)[O-])cc1COCCC1CCNC1. The Labute approximate surface area is 118 Å². The maximum absolute atomic E-state index is 10.8. The highest BCUT2D eigenvalue weighted by atomic mass is 16.6. The van der Waals surface area contributed by atoms with Crippen LogP contribution in [-0.2, 0) is 11.3 Å². The van der Waals surface area contributed by atoms with Crippen LogP contribution in [0.15, 0.2) is 18.2 Å². The molecular weight excluding hydrogens is 260 g/mol. The Morgan fingerprint density at radius 1 is 1.50 bits per heavy atom. The highest BCUT2D eigenvalue weighted by molar-refractivity contribution is 5.43. The Balaban J connectivity index is 1.86. The molecule has 6 nitrogen and oxygen atoms in total. The van der Waals surface area contributed by atoms with Crippen molar-refractivity contribution in [2.24, 2.45) is 5.92 Å². The van der Waals surface area contributed by atoms with Crippen molar-refractivity contribution in [2.45, 2.75) is 19.4 Å². The summed E-state index contributed by atoms with van der Waals surface area (Å²) in [6.07, 6.45) is 2.22. The van der Waals surface area contributed by atoms with Gasteiger partial charge in [0.1, 0.15) is 5.75 Å². The number of hydrogen-bond acceptors (Lipinski definition) is 5. The highest BCUT2D eigenvalue weighted by Gasteiger charge is 2.15. The monoisotopic (exact) mass is 280 g/mol. The Morgan fingerprint density at radius 3 is 3.00 bits per heavy atom. The lowest BCUT2D eigenvalue weighted by Crippen LogP contribution is -2.11. The van der Waals surface area contributed by atoms with E-state index in [2.05, 4.69) is 5.32 Å². The molecule has 1 heterocycles. The van der Waals surface area contributed by atoms with Crippen molar-refractivity contribution in [1.29, 1.82) is 0 Å². The quantitative estimate of drug-likeness (QED) is 0.470. The number of benzene rings is 1. The third-order valence-corrected chi connectivity index (χ3v) is 3.57. The molecule has 1 saturated heterocycles. The molecule has 1 aliphatic rings. The fraction of sp³-hybridized carbons (Fsp3) is 0.571. The standard InChI is InChI=1S/C14H20N2O4/c1-19-14-3-2-13(16(17)18)8-12(14)10-20-7-5-11-4-6-15-9-11/h2-3,8,11,15H,4-7,9-10H2,1H3. The van der Waals surface area contributed by atoms with Crippen molar-refractivity contribution >= 4 is 5.69 Å². The molecule has 0 aliphatic carbocycles. The molecule has 0 saturated carbocycles. The average molecular weight is 280 g/mol. The van der Waals surface area contributed by atoms with Gasteiger partial charge in [-0.15, -0.1) is 0 Å². The number of nitro groups is 1. The molecule has 1 aromatic carbocycles. The van der Waals surface area contributed by atoms with Gasteiger partial charge in [-0.2, -0.15) is 0 Å².